The van der Waals surface area contributed by atoms with Crippen molar-refractivity contribution in [1.29, 1.82) is 0 Å². The fraction of sp³-hybridized carbons (Fsp3) is 0.130. The molecule has 140 valence electrons. The molecule has 3 nitrogen and oxygen atoms in total. The molecule has 0 aliphatic carbocycles. The van der Waals surface area contributed by atoms with Gasteiger partial charge in [-0.15, -0.1) is 0 Å². The van der Waals surface area contributed by atoms with Crippen LogP contribution in [-0.2, 0) is 18.7 Å². The third kappa shape index (κ3) is 3.99. The first-order valence-electron chi connectivity index (χ1n) is 9.12. The molecule has 0 saturated heterocycles. The number of rotatable bonds is 6. The molecule has 0 amide bonds. The molecule has 4 rings (SSSR count). The molecule has 4 aromatic rings. The number of hydrogen-bond acceptors (Lipinski definition) is 3. The summed E-state index contributed by atoms with van der Waals surface area (Å²) in [7, 11) is 0. The van der Waals surface area contributed by atoms with Gasteiger partial charge in [-0.3, -0.25) is 9.36 Å². The van der Waals surface area contributed by atoms with E-state index in [0.717, 1.165) is 12.0 Å². The summed E-state index contributed by atoms with van der Waals surface area (Å²) < 4.78 is 15.7. The van der Waals surface area contributed by atoms with Gasteiger partial charge in [-0.1, -0.05) is 72.4 Å². The minimum Gasteiger partial charge on any atom is -0.287 e. The first-order valence-corrected chi connectivity index (χ1v) is 10.1. The number of aryl methyl sites for hydroxylation is 1. The van der Waals surface area contributed by atoms with Crippen molar-refractivity contribution >= 4 is 22.7 Å². The first-order chi connectivity index (χ1) is 13.7. The van der Waals surface area contributed by atoms with Gasteiger partial charge in [0.2, 0.25) is 0 Å². The van der Waals surface area contributed by atoms with Crippen molar-refractivity contribution in [2.24, 2.45) is 0 Å². The number of fused-ring (bicyclic) bond motifs is 1. The van der Waals surface area contributed by atoms with Crippen LogP contribution < -0.4 is 5.56 Å². The summed E-state index contributed by atoms with van der Waals surface area (Å²) in [6, 6.07) is 24.1. The van der Waals surface area contributed by atoms with Crippen LogP contribution in [0.2, 0.25) is 0 Å². The molecule has 0 aliphatic heterocycles. The lowest BCUT2D eigenvalue weighted by molar-refractivity contribution is 0.594. The predicted octanol–water partition coefficient (Wildman–Crippen LogP) is 5.07. The lowest BCUT2D eigenvalue weighted by Crippen LogP contribution is -2.24. The highest BCUT2D eigenvalue weighted by Gasteiger charge is 2.12. The van der Waals surface area contributed by atoms with Crippen molar-refractivity contribution in [2.75, 3.05) is 0 Å². The summed E-state index contributed by atoms with van der Waals surface area (Å²) in [5, 5.41) is 1.22. The minimum absolute atomic E-state index is 0.0578. The Morgan fingerprint density at radius 2 is 1.61 bits per heavy atom. The van der Waals surface area contributed by atoms with Gasteiger partial charge in [0.25, 0.3) is 5.56 Å². The molecule has 0 N–H and O–H groups in total. The van der Waals surface area contributed by atoms with E-state index in [4.69, 9.17) is 4.98 Å². The third-order valence-corrected chi connectivity index (χ3v) is 5.63. The van der Waals surface area contributed by atoms with Gasteiger partial charge in [-0.25, -0.2) is 9.37 Å². The summed E-state index contributed by atoms with van der Waals surface area (Å²) in [6.45, 7) is 0.528. The second kappa shape index (κ2) is 8.40. The molecular weight excluding hydrogens is 371 g/mol. The van der Waals surface area contributed by atoms with Crippen molar-refractivity contribution in [3.63, 3.8) is 0 Å². The SMILES string of the molecule is O=c1c2ccccc2nc(SCc2ccccc2F)n1CCc1ccccc1. The van der Waals surface area contributed by atoms with E-state index in [-0.39, 0.29) is 11.4 Å². The van der Waals surface area contributed by atoms with Crippen LogP contribution in [0.15, 0.2) is 88.8 Å². The van der Waals surface area contributed by atoms with Gasteiger partial charge in [0.1, 0.15) is 5.82 Å². The van der Waals surface area contributed by atoms with E-state index in [9.17, 15) is 9.18 Å². The zero-order chi connectivity index (χ0) is 19.3. The minimum atomic E-state index is -0.242. The van der Waals surface area contributed by atoms with E-state index in [1.54, 1.807) is 22.8 Å². The Hall–Kier alpha value is -2.92. The fourth-order valence-electron chi connectivity index (χ4n) is 3.10. The topological polar surface area (TPSA) is 34.9 Å². The van der Waals surface area contributed by atoms with Gasteiger partial charge < -0.3 is 0 Å². The van der Waals surface area contributed by atoms with E-state index in [1.165, 1.54) is 17.8 Å². The van der Waals surface area contributed by atoms with Crippen molar-refractivity contribution in [2.45, 2.75) is 23.9 Å². The molecule has 0 aliphatic rings. The molecule has 0 spiro atoms. The molecule has 0 unspecified atom stereocenters. The highest BCUT2D eigenvalue weighted by atomic mass is 32.2. The number of benzene rings is 3. The quantitative estimate of drug-likeness (QED) is 0.341. The van der Waals surface area contributed by atoms with Gasteiger partial charge >= 0.3 is 0 Å². The largest absolute Gasteiger partial charge is 0.287 e. The number of para-hydroxylation sites is 1. The van der Waals surface area contributed by atoms with Gasteiger partial charge in [0.05, 0.1) is 10.9 Å². The maximum absolute atomic E-state index is 14.0. The van der Waals surface area contributed by atoms with E-state index in [0.29, 0.717) is 33.9 Å². The first kappa shape index (κ1) is 18.4. The lowest BCUT2D eigenvalue weighted by atomic mass is 10.1. The molecule has 0 fully saturated rings. The second-order valence-corrected chi connectivity index (χ2v) is 7.43. The van der Waals surface area contributed by atoms with E-state index < -0.39 is 0 Å². The Labute approximate surface area is 166 Å². The number of halogens is 1. The average Bonchev–Trinajstić information content (AvgIpc) is 2.73. The monoisotopic (exact) mass is 390 g/mol. The van der Waals surface area contributed by atoms with Gasteiger partial charge in [0.15, 0.2) is 5.16 Å². The molecule has 3 aromatic carbocycles. The summed E-state index contributed by atoms with van der Waals surface area (Å²) in [4.78, 5) is 17.8. The molecule has 5 heteroatoms. The summed E-state index contributed by atoms with van der Waals surface area (Å²) in [5.41, 5.74) is 2.37. The number of hydrogen-bond donors (Lipinski definition) is 0. The molecule has 0 radical (unpaired) electrons. The Morgan fingerprint density at radius 1 is 0.893 bits per heavy atom. The average molecular weight is 390 g/mol. The van der Waals surface area contributed by atoms with Crippen LogP contribution in [0.1, 0.15) is 11.1 Å². The highest BCUT2D eigenvalue weighted by molar-refractivity contribution is 7.98. The smallest absolute Gasteiger partial charge is 0.262 e. The molecule has 0 atom stereocenters. The van der Waals surface area contributed by atoms with Crippen molar-refractivity contribution < 1.29 is 4.39 Å². The normalized spacial score (nSPS) is 11.0. The maximum atomic E-state index is 14.0. The molecule has 0 bridgehead atoms. The van der Waals surface area contributed by atoms with Crippen LogP contribution in [-0.4, -0.2) is 9.55 Å². The van der Waals surface area contributed by atoms with Gasteiger partial charge in [0, 0.05) is 12.3 Å². The fourth-order valence-corrected chi connectivity index (χ4v) is 4.11. The second-order valence-electron chi connectivity index (χ2n) is 6.48. The Kier molecular flexibility index (Phi) is 5.53. The number of thioether (sulfide) groups is 1. The predicted molar refractivity (Wildman–Crippen MR) is 112 cm³/mol. The molecule has 1 heterocycles. The van der Waals surface area contributed by atoms with E-state index in [1.807, 2.05) is 54.6 Å². The van der Waals surface area contributed by atoms with Crippen molar-refractivity contribution in [3.05, 3.63) is 106 Å². The Bertz CT molecular complexity index is 1160. The van der Waals surface area contributed by atoms with Crippen LogP contribution in [0.4, 0.5) is 4.39 Å². The van der Waals surface area contributed by atoms with E-state index >= 15 is 0 Å². The number of aromatic nitrogens is 2. The third-order valence-electron chi connectivity index (χ3n) is 4.61. The van der Waals surface area contributed by atoms with Crippen LogP contribution in [0.3, 0.4) is 0 Å². The highest BCUT2D eigenvalue weighted by Crippen LogP contribution is 2.23. The van der Waals surface area contributed by atoms with Gasteiger partial charge in [-0.05, 0) is 35.7 Å². The standard InChI is InChI=1S/C23H19FN2OS/c24-20-12-6-4-10-18(20)16-28-23-25-21-13-7-5-11-19(21)22(27)26(23)15-14-17-8-2-1-3-9-17/h1-13H,14-16H2. The Balaban J connectivity index is 1.68. The molecular formula is C23H19FN2OS. The van der Waals surface area contributed by atoms with Gasteiger partial charge in [-0.2, -0.15) is 0 Å². The van der Waals surface area contributed by atoms with Crippen LogP contribution >= 0.6 is 11.8 Å². The molecule has 0 saturated carbocycles. The van der Waals surface area contributed by atoms with Crippen LogP contribution in [0.25, 0.3) is 10.9 Å². The molecule has 28 heavy (non-hydrogen) atoms. The maximum Gasteiger partial charge on any atom is 0.262 e. The van der Waals surface area contributed by atoms with E-state index in [2.05, 4.69) is 0 Å². The summed E-state index contributed by atoms with van der Waals surface area (Å²) in [6.07, 6.45) is 0.730. The molecule has 1 aromatic heterocycles. The van der Waals surface area contributed by atoms with Crippen LogP contribution in [0, 0.1) is 5.82 Å². The Morgan fingerprint density at radius 3 is 2.43 bits per heavy atom. The van der Waals surface area contributed by atoms with Crippen molar-refractivity contribution in [1.82, 2.24) is 9.55 Å². The zero-order valence-corrected chi connectivity index (χ0v) is 16.0. The number of nitrogens with zero attached hydrogens (tertiary/aromatic N) is 2. The van der Waals surface area contributed by atoms with Crippen molar-refractivity contribution in [3.8, 4) is 0 Å². The summed E-state index contributed by atoms with van der Waals surface area (Å²) >= 11 is 1.39. The zero-order valence-electron chi connectivity index (χ0n) is 15.2. The van der Waals surface area contributed by atoms with Crippen LogP contribution in [0.5, 0.6) is 0 Å². The summed E-state index contributed by atoms with van der Waals surface area (Å²) in [5.74, 6) is 0.178. The lowest BCUT2D eigenvalue weighted by Gasteiger charge is -2.13.